The Kier molecular flexibility index (Phi) is 3.50. The summed E-state index contributed by atoms with van der Waals surface area (Å²) >= 11 is 0. The summed E-state index contributed by atoms with van der Waals surface area (Å²) in [4.78, 5) is 15.2. The van der Waals surface area contributed by atoms with E-state index in [2.05, 4.69) is 25.9 Å². The van der Waals surface area contributed by atoms with Gasteiger partial charge in [0.2, 0.25) is 5.88 Å². The Morgan fingerprint density at radius 1 is 1.12 bits per heavy atom. The van der Waals surface area contributed by atoms with Crippen molar-refractivity contribution in [3.05, 3.63) is 42.7 Å². The second-order valence-corrected chi connectivity index (χ2v) is 6.88. The molecule has 128 valence electrons. The van der Waals surface area contributed by atoms with E-state index in [0.29, 0.717) is 24.3 Å². The average Bonchev–Trinajstić information content (AvgIpc) is 3.24. The van der Waals surface area contributed by atoms with Gasteiger partial charge in [0.1, 0.15) is 5.52 Å². The van der Waals surface area contributed by atoms with Gasteiger partial charge < -0.3 is 9.64 Å². The van der Waals surface area contributed by atoms with Crippen molar-refractivity contribution in [3.8, 4) is 5.88 Å². The molecule has 0 spiro atoms. The van der Waals surface area contributed by atoms with Crippen LogP contribution in [0.15, 0.2) is 37.1 Å². The van der Waals surface area contributed by atoms with Crippen LogP contribution in [0.5, 0.6) is 5.88 Å². The van der Waals surface area contributed by atoms with Gasteiger partial charge in [0.25, 0.3) is 0 Å². The Labute approximate surface area is 145 Å². The third-order valence-corrected chi connectivity index (χ3v) is 4.98. The summed E-state index contributed by atoms with van der Waals surface area (Å²) in [5, 5.41) is 4.71. The first kappa shape index (κ1) is 14.6. The third-order valence-electron chi connectivity index (χ3n) is 4.98. The Hall–Kier alpha value is -2.70. The summed E-state index contributed by atoms with van der Waals surface area (Å²) < 4.78 is 7.74. The van der Waals surface area contributed by atoms with Gasteiger partial charge in [-0.15, -0.1) is 0 Å². The molecule has 1 atom stereocenters. The Morgan fingerprint density at radius 2 is 2.08 bits per heavy atom. The van der Waals surface area contributed by atoms with Crippen molar-refractivity contribution in [1.29, 1.82) is 0 Å². The minimum Gasteiger partial charge on any atom is -0.476 e. The molecule has 7 heteroatoms. The maximum absolute atomic E-state index is 5.77. The molecule has 1 aliphatic heterocycles. The number of ether oxygens (including phenoxy) is 1. The fourth-order valence-corrected chi connectivity index (χ4v) is 3.47. The molecule has 3 aromatic heterocycles. The highest BCUT2D eigenvalue weighted by Gasteiger charge is 2.29. The predicted octanol–water partition coefficient (Wildman–Crippen LogP) is 2.30. The van der Waals surface area contributed by atoms with Crippen LogP contribution < -0.4 is 9.64 Å². The molecule has 25 heavy (non-hydrogen) atoms. The van der Waals surface area contributed by atoms with E-state index in [-0.39, 0.29) is 0 Å². The lowest BCUT2D eigenvalue weighted by Crippen LogP contribution is -2.23. The normalized spacial score (nSPS) is 20.3. The van der Waals surface area contributed by atoms with E-state index < -0.39 is 0 Å². The first-order valence-electron chi connectivity index (χ1n) is 8.85. The number of anilines is 1. The zero-order valence-electron chi connectivity index (χ0n) is 14.0. The topological polar surface area (TPSA) is 68.4 Å². The van der Waals surface area contributed by atoms with Crippen molar-refractivity contribution < 1.29 is 4.74 Å². The maximum atomic E-state index is 5.77. The quantitative estimate of drug-likeness (QED) is 0.712. The van der Waals surface area contributed by atoms with E-state index in [1.807, 2.05) is 16.9 Å². The summed E-state index contributed by atoms with van der Waals surface area (Å²) in [5.74, 6) is 2.74. The molecule has 0 N–H and O–H groups in total. The first-order chi connectivity index (χ1) is 12.4. The zero-order chi connectivity index (χ0) is 16.6. The number of hydrogen-bond donors (Lipinski definition) is 0. The van der Waals surface area contributed by atoms with Crippen LogP contribution >= 0.6 is 0 Å². The van der Waals surface area contributed by atoms with Gasteiger partial charge in [0, 0.05) is 49.7 Å². The fourth-order valence-electron chi connectivity index (χ4n) is 3.47. The van der Waals surface area contributed by atoms with Gasteiger partial charge in [-0.3, -0.25) is 4.98 Å². The number of aromatic nitrogens is 5. The smallest absolute Gasteiger partial charge is 0.232 e. The Morgan fingerprint density at radius 3 is 2.92 bits per heavy atom. The average molecular weight is 336 g/mol. The highest BCUT2D eigenvalue weighted by Crippen LogP contribution is 2.40. The fraction of sp³-hybridized carbons (Fsp3) is 0.444. The van der Waals surface area contributed by atoms with E-state index >= 15 is 0 Å². The van der Waals surface area contributed by atoms with Crippen molar-refractivity contribution in [1.82, 2.24) is 24.6 Å². The lowest BCUT2D eigenvalue weighted by Gasteiger charge is -2.18. The van der Waals surface area contributed by atoms with Crippen LogP contribution in [0, 0.1) is 5.92 Å². The van der Waals surface area contributed by atoms with E-state index in [1.54, 1.807) is 18.6 Å². The van der Waals surface area contributed by atoms with Crippen LogP contribution in [-0.4, -0.2) is 44.3 Å². The molecular weight excluding hydrogens is 316 g/mol. The number of nitrogens with zero attached hydrogens (tertiary/aromatic N) is 6. The van der Waals surface area contributed by atoms with E-state index in [9.17, 15) is 0 Å². The van der Waals surface area contributed by atoms with E-state index in [0.717, 1.165) is 30.8 Å². The molecule has 0 amide bonds. The molecule has 0 aromatic carbocycles. The molecule has 3 aromatic rings. The highest BCUT2D eigenvalue weighted by atomic mass is 16.5. The lowest BCUT2D eigenvalue weighted by molar-refractivity contribution is 0.251. The van der Waals surface area contributed by atoms with Crippen LogP contribution in [0.1, 0.15) is 30.9 Å². The van der Waals surface area contributed by atoms with Gasteiger partial charge in [-0.1, -0.05) is 0 Å². The Balaban J connectivity index is 1.30. The lowest BCUT2D eigenvalue weighted by atomic mass is 10.1. The van der Waals surface area contributed by atoms with Gasteiger partial charge in [-0.2, -0.15) is 5.10 Å². The molecule has 7 nitrogen and oxygen atoms in total. The molecule has 1 unspecified atom stereocenters. The van der Waals surface area contributed by atoms with Gasteiger partial charge in [-0.25, -0.2) is 14.5 Å². The van der Waals surface area contributed by atoms with Gasteiger partial charge in [0.15, 0.2) is 5.82 Å². The van der Waals surface area contributed by atoms with Gasteiger partial charge in [-0.05, 0) is 25.3 Å². The van der Waals surface area contributed by atoms with Gasteiger partial charge >= 0.3 is 0 Å². The minimum atomic E-state index is 0.467. The molecule has 2 aliphatic rings. The van der Waals surface area contributed by atoms with Gasteiger partial charge in [0.05, 0.1) is 18.5 Å². The van der Waals surface area contributed by atoms with E-state index in [1.165, 1.54) is 18.5 Å². The van der Waals surface area contributed by atoms with Crippen LogP contribution in [0.25, 0.3) is 5.52 Å². The highest BCUT2D eigenvalue weighted by molar-refractivity contribution is 5.69. The number of hydrogen-bond acceptors (Lipinski definition) is 6. The standard InChI is InChI=1S/C18H20N6O/c1-2-14(1)15-9-16-18(21-6-8-24(16)22-15)23-7-3-13(11-23)12-25-17-10-19-4-5-20-17/h4-6,8-10,13-14H,1-3,7,11-12H2. The maximum Gasteiger partial charge on any atom is 0.232 e. The second-order valence-electron chi connectivity index (χ2n) is 6.88. The molecule has 4 heterocycles. The molecule has 0 radical (unpaired) electrons. The molecule has 5 rings (SSSR count). The summed E-state index contributed by atoms with van der Waals surface area (Å²) in [6.07, 6.45) is 12.4. The minimum absolute atomic E-state index is 0.467. The number of fused-ring (bicyclic) bond motifs is 1. The molecule has 1 aliphatic carbocycles. The SMILES string of the molecule is c1cnc(OCC2CCN(c3nccn4nc(C5CC5)cc34)C2)cn1. The summed E-state index contributed by atoms with van der Waals surface area (Å²) in [5.41, 5.74) is 2.32. The Bertz CT molecular complexity index is 876. The van der Waals surface area contributed by atoms with Crippen LogP contribution in [0.4, 0.5) is 5.82 Å². The second kappa shape index (κ2) is 5.98. The predicted molar refractivity (Wildman–Crippen MR) is 92.8 cm³/mol. The summed E-state index contributed by atoms with van der Waals surface area (Å²) in [6, 6.07) is 2.21. The van der Waals surface area contributed by atoms with Crippen molar-refractivity contribution in [2.24, 2.45) is 5.92 Å². The third kappa shape index (κ3) is 2.90. The number of rotatable bonds is 5. The van der Waals surface area contributed by atoms with Crippen LogP contribution in [0.3, 0.4) is 0 Å². The van der Waals surface area contributed by atoms with Crippen LogP contribution in [-0.2, 0) is 0 Å². The first-order valence-corrected chi connectivity index (χ1v) is 8.85. The molecular formula is C18H20N6O. The zero-order valence-corrected chi connectivity index (χ0v) is 14.0. The summed E-state index contributed by atoms with van der Waals surface area (Å²) in [6.45, 7) is 2.59. The molecule has 1 saturated carbocycles. The van der Waals surface area contributed by atoms with E-state index in [4.69, 9.17) is 9.84 Å². The monoisotopic (exact) mass is 336 g/mol. The van der Waals surface area contributed by atoms with Crippen LogP contribution in [0.2, 0.25) is 0 Å². The van der Waals surface area contributed by atoms with Crippen molar-refractivity contribution >= 4 is 11.3 Å². The largest absolute Gasteiger partial charge is 0.476 e. The van der Waals surface area contributed by atoms with Crippen molar-refractivity contribution in [2.45, 2.75) is 25.2 Å². The summed E-state index contributed by atoms with van der Waals surface area (Å²) in [7, 11) is 0. The van der Waals surface area contributed by atoms with Crippen molar-refractivity contribution in [3.63, 3.8) is 0 Å². The van der Waals surface area contributed by atoms with Crippen molar-refractivity contribution in [2.75, 3.05) is 24.6 Å². The molecule has 1 saturated heterocycles. The molecule has 0 bridgehead atoms. The molecule has 2 fully saturated rings.